The summed E-state index contributed by atoms with van der Waals surface area (Å²) >= 11 is 0. The molecule has 2 nitrogen and oxygen atoms in total. The molecule has 0 bridgehead atoms. The van der Waals surface area contributed by atoms with Crippen molar-refractivity contribution in [3.8, 4) is 5.75 Å². The maximum Gasteiger partial charge on any atom is 0.416 e. The van der Waals surface area contributed by atoms with Crippen LogP contribution >= 0.6 is 12.4 Å². The van der Waals surface area contributed by atoms with E-state index in [4.69, 9.17) is 10.5 Å². The first-order valence-electron chi connectivity index (χ1n) is 4.46. The molecule has 1 rings (SSSR count). The third-order valence-electron chi connectivity index (χ3n) is 1.88. The van der Waals surface area contributed by atoms with Gasteiger partial charge in [0.2, 0.25) is 0 Å². The Hall–Kier alpha value is -0.940. The molecule has 6 heteroatoms. The van der Waals surface area contributed by atoms with Gasteiger partial charge in [-0.2, -0.15) is 13.2 Å². The SMILES string of the molecule is Cc1cc(C(F)(F)F)ccc1OCCN.Cl. The van der Waals surface area contributed by atoms with Crippen molar-refractivity contribution in [2.45, 2.75) is 13.1 Å². The van der Waals surface area contributed by atoms with Crippen molar-refractivity contribution < 1.29 is 17.9 Å². The second-order valence-corrected chi connectivity index (χ2v) is 3.12. The summed E-state index contributed by atoms with van der Waals surface area (Å²) in [6.07, 6.45) is -4.31. The number of rotatable bonds is 3. The summed E-state index contributed by atoms with van der Waals surface area (Å²) in [6, 6.07) is 3.37. The Labute approximate surface area is 98.0 Å². The molecule has 0 aliphatic heterocycles. The highest BCUT2D eigenvalue weighted by Crippen LogP contribution is 2.32. The molecule has 92 valence electrons. The Balaban J connectivity index is 0.00000225. The monoisotopic (exact) mass is 255 g/mol. The van der Waals surface area contributed by atoms with E-state index in [1.54, 1.807) is 6.92 Å². The van der Waals surface area contributed by atoms with Crippen LogP contribution in [0.1, 0.15) is 11.1 Å². The van der Waals surface area contributed by atoms with Crippen molar-refractivity contribution in [1.29, 1.82) is 0 Å². The van der Waals surface area contributed by atoms with Gasteiger partial charge in [-0.25, -0.2) is 0 Å². The molecule has 0 aromatic heterocycles. The van der Waals surface area contributed by atoms with E-state index in [0.717, 1.165) is 12.1 Å². The number of hydrogen-bond acceptors (Lipinski definition) is 2. The number of alkyl halides is 3. The maximum absolute atomic E-state index is 12.3. The molecule has 0 amide bonds. The van der Waals surface area contributed by atoms with E-state index in [2.05, 4.69) is 0 Å². The van der Waals surface area contributed by atoms with Crippen molar-refractivity contribution >= 4 is 12.4 Å². The molecule has 0 aliphatic carbocycles. The molecule has 16 heavy (non-hydrogen) atoms. The zero-order valence-corrected chi connectivity index (χ0v) is 9.49. The number of benzene rings is 1. The number of hydrogen-bond donors (Lipinski definition) is 1. The van der Waals surface area contributed by atoms with Crippen LogP contribution < -0.4 is 10.5 Å². The minimum atomic E-state index is -4.31. The van der Waals surface area contributed by atoms with Crippen LogP contribution in [0.15, 0.2) is 18.2 Å². The molecule has 1 aromatic rings. The predicted octanol–water partition coefficient (Wildman–Crippen LogP) is 2.77. The van der Waals surface area contributed by atoms with Crippen molar-refractivity contribution in [1.82, 2.24) is 0 Å². The van der Waals surface area contributed by atoms with E-state index < -0.39 is 11.7 Å². The summed E-state index contributed by atoms with van der Waals surface area (Å²) in [6.45, 7) is 2.20. The van der Waals surface area contributed by atoms with Crippen LogP contribution in [0.5, 0.6) is 5.75 Å². The van der Waals surface area contributed by atoms with E-state index in [0.29, 0.717) is 24.5 Å². The third kappa shape index (κ3) is 3.90. The zero-order chi connectivity index (χ0) is 11.5. The lowest BCUT2D eigenvalue weighted by molar-refractivity contribution is -0.137. The fourth-order valence-corrected chi connectivity index (χ4v) is 1.16. The van der Waals surface area contributed by atoms with Crippen LogP contribution in [-0.4, -0.2) is 13.2 Å². The van der Waals surface area contributed by atoms with Gasteiger partial charge in [-0.15, -0.1) is 12.4 Å². The molecule has 0 unspecified atom stereocenters. The van der Waals surface area contributed by atoms with Crippen LogP contribution in [0, 0.1) is 6.92 Å². The first-order valence-corrected chi connectivity index (χ1v) is 4.46. The van der Waals surface area contributed by atoms with Gasteiger partial charge in [0, 0.05) is 6.54 Å². The second kappa shape index (κ2) is 5.96. The quantitative estimate of drug-likeness (QED) is 0.901. The molecule has 0 spiro atoms. The topological polar surface area (TPSA) is 35.2 Å². The van der Waals surface area contributed by atoms with Gasteiger partial charge in [0.15, 0.2) is 0 Å². The average Bonchev–Trinajstić information content (AvgIpc) is 2.14. The molecule has 0 radical (unpaired) electrons. The van der Waals surface area contributed by atoms with Crippen LogP contribution in [0.2, 0.25) is 0 Å². The number of nitrogens with two attached hydrogens (primary N) is 1. The Morgan fingerprint density at radius 3 is 2.38 bits per heavy atom. The summed E-state index contributed by atoms with van der Waals surface area (Å²) in [7, 11) is 0. The Morgan fingerprint density at radius 1 is 1.31 bits per heavy atom. The van der Waals surface area contributed by atoms with Crippen LogP contribution in [0.25, 0.3) is 0 Å². The predicted molar refractivity (Wildman–Crippen MR) is 58.0 cm³/mol. The van der Waals surface area contributed by atoms with Crippen LogP contribution in [0.4, 0.5) is 13.2 Å². The van der Waals surface area contributed by atoms with Crippen molar-refractivity contribution in [3.05, 3.63) is 29.3 Å². The maximum atomic E-state index is 12.3. The highest BCUT2D eigenvalue weighted by Gasteiger charge is 2.30. The lowest BCUT2D eigenvalue weighted by Gasteiger charge is -2.11. The smallest absolute Gasteiger partial charge is 0.416 e. The van der Waals surface area contributed by atoms with E-state index in [1.807, 2.05) is 0 Å². The lowest BCUT2D eigenvalue weighted by Crippen LogP contribution is -2.11. The van der Waals surface area contributed by atoms with Crippen molar-refractivity contribution in [2.24, 2.45) is 5.73 Å². The van der Waals surface area contributed by atoms with Gasteiger partial charge in [0.05, 0.1) is 5.56 Å². The summed E-state index contributed by atoms with van der Waals surface area (Å²) in [5, 5.41) is 0. The largest absolute Gasteiger partial charge is 0.492 e. The van der Waals surface area contributed by atoms with E-state index in [-0.39, 0.29) is 12.4 Å². The number of halogens is 4. The van der Waals surface area contributed by atoms with Gasteiger partial charge in [0.1, 0.15) is 12.4 Å². The molecule has 1 aromatic carbocycles. The molecular weight excluding hydrogens is 243 g/mol. The summed E-state index contributed by atoms with van der Waals surface area (Å²) in [5.74, 6) is 0.438. The normalized spacial score (nSPS) is 10.8. The van der Waals surface area contributed by atoms with Gasteiger partial charge < -0.3 is 10.5 Å². The second-order valence-electron chi connectivity index (χ2n) is 3.12. The minimum absolute atomic E-state index is 0. The van der Waals surface area contributed by atoms with Crippen LogP contribution in [0.3, 0.4) is 0 Å². The summed E-state index contributed by atoms with van der Waals surface area (Å²) in [4.78, 5) is 0. The highest BCUT2D eigenvalue weighted by molar-refractivity contribution is 5.85. The molecule has 0 saturated heterocycles. The van der Waals surface area contributed by atoms with E-state index >= 15 is 0 Å². The number of ether oxygens (including phenoxy) is 1. The van der Waals surface area contributed by atoms with E-state index in [9.17, 15) is 13.2 Å². The standard InChI is InChI=1S/C10H12F3NO.ClH/c1-7-6-8(10(11,12)13)2-3-9(7)15-5-4-14;/h2-3,6H,4-5,14H2,1H3;1H. The third-order valence-corrected chi connectivity index (χ3v) is 1.88. The minimum Gasteiger partial charge on any atom is -0.492 e. The molecule has 0 aliphatic rings. The molecule has 0 atom stereocenters. The summed E-state index contributed by atoms with van der Waals surface area (Å²) in [5.41, 5.74) is 5.01. The Kier molecular flexibility index (Phi) is 5.61. The van der Waals surface area contributed by atoms with Gasteiger partial charge in [0.25, 0.3) is 0 Å². The fourth-order valence-electron chi connectivity index (χ4n) is 1.16. The molecule has 0 fully saturated rings. The first-order chi connectivity index (χ1) is 6.95. The fraction of sp³-hybridized carbons (Fsp3) is 0.400. The molecule has 0 saturated carbocycles. The van der Waals surface area contributed by atoms with Crippen LogP contribution in [-0.2, 0) is 6.18 Å². The summed E-state index contributed by atoms with van der Waals surface area (Å²) < 4.78 is 42.0. The molecular formula is C10H13ClF3NO. The van der Waals surface area contributed by atoms with Gasteiger partial charge in [-0.3, -0.25) is 0 Å². The van der Waals surface area contributed by atoms with E-state index in [1.165, 1.54) is 6.07 Å². The van der Waals surface area contributed by atoms with Gasteiger partial charge >= 0.3 is 6.18 Å². The average molecular weight is 256 g/mol. The highest BCUT2D eigenvalue weighted by atomic mass is 35.5. The van der Waals surface area contributed by atoms with Gasteiger partial charge in [-0.1, -0.05) is 0 Å². The zero-order valence-electron chi connectivity index (χ0n) is 8.67. The van der Waals surface area contributed by atoms with Crippen molar-refractivity contribution in [2.75, 3.05) is 13.2 Å². The molecule has 2 N–H and O–H groups in total. The Morgan fingerprint density at radius 2 is 1.94 bits per heavy atom. The van der Waals surface area contributed by atoms with Crippen molar-refractivity contribution in [3.63, 3.8) is 0 Å². The Bertz CT molecular complexity index is 341. The number of aryl methyl sites for hydroxylation is 1. The molecule has 0 heterocycles. The van der Waals surface area contributed by atoms with Gasteiger partial charge in [-0.05, 0) is 30.7 Å². The lowest BCUT2D eigenvalue weighted by atomic mass is 10.1. The first kappa shape index (κ1) is 15.1.